The maximum atomic E-state index is 13.8. The average molecular weight is 531 g/mol. The van der Waals surface area contributed by atoms with Crippen molar-refractivity contribution in [2.24, 2.45) is 24.4 Å². The lowest BCUT2D eigenvalue weighted by Crippen LogP contribution is -2.27. The highest BCUT2D eigenvalue weighted by atomic mass is 19.4. The van der Waals surface area contributed by atoms with E-state index in [4.69, 9.17) is 17.3 Å². The van der Waals surface area contributed by atoms with Gasteiger partial charge in [0.05, 0.1) is 23.1 Å². The van der Waals surface area contributed by atoms with Crippen LogP contribution in [0.15, 0.2) is 48.8 Å². The van der Waals surface area contributed by atoms with Gasteiger partial charge in [0.15, 0.2) is 0 Å². The second-order valence-corrected chi connectivity index (χ2v) is 9.11. The lowest BCUT2D eigenvalue weighted by Gasteiger charge is -2.20. The predicted octanol–water partition coefficient (Wildman–Crippen LogP) is 3.34. The van der Waals surface area contributed by atoms with Gasteiger partial charge >= 0.3 is 6.18 Å². The molecular formula is C26H33F3N8O. The number of alkyl halides is 3. The van der Waals surface area contributed by atoms with E-state index in [0.717, 1.165) is 17.3 Å². The van der Waals surface area contributed by atoms with Gasteiger partial charge < -0.3 is 21.7 Å². The third kappa shape index (κ3) is 6.71. The van der Waals surface area contributed by atoms with E-state index in [9.17, 15) is 18.0 Å². The second kappa shape index (κ2) is 11.7. The molecule has 12 heteroatoms. The summed E-state index contributed by atoms with van der Waals surface area (Å²) in [6, 6.07) is 8.56. The van der Waals surface area contributed by atoms with E-state index >= 15 is 0 Å². The molecule has 1 heterocycles. The Labute approximate surface area is 219 Å². The number of rotatable bonds is 9. The molecule has 0 saturated heterocycles. The Morgan fingerprint density at radius 2 is 1.89 bits per heavy atom. The number of hydrogen-bond donors (Lipinski definition) is 4. The van der Waals surface area contributed by atoms with Crippen molar-refractivity contribution in [2.45, 2.75) is 26.6 Å². The molecule has 0 spiro atoms. The minimum absolute atomic E-state index is 0.0236. The Bertz CT molecular complexity index is 1330. The molecule has 38 heavy (non-hydrogen) atoms. The van der Waals surface area contributed by atoms with Gasteiger partial charge in [0.2, 0.25) is 0 Å². The van der Waals surface area contributed by atoms with Crippen LogP contribution in [0.5, 0.6) is 0 Å². The molecule has 9 nitrogen and oxygen atoms in total. The van der Waals surface area contributed by atoms with Gasteiger partial charge in [-0.25, -0.2) is 5.84 Å². The summed E-state index contributed by atoms with van der Waals surface area (Å²) in [6.07, 6.45) is -1.44. The van der Waals surface area contributed by atoms with Crippen LogP contribution in [0.4, 0.5) is 24.5 Å². The number of hydrazine groups is 1. The molecule has 0 unspecified atom stereocenters. The molecule has 0 atom stereocenters. The molecular weight excluding hydrogens is 497 g/mol. The van der Waals surface area contributed by atoms with Crippen LogP contribution in [0.2, 0.25) is 0 Å². The highest BCUT2D eigenvalue weighted by molar-refractivity contribution is 6.05. The number of nitrogens with zero attached hydrogens (tertiary/aromatic N) is 4. The molecule has 2 aromatic carbocycles. The van der Waals surface area contributed by atoms with Crippen LogP contribution < -0.4 is 27.6 Å². The molecule has 0 saturated carbocycles. The molecule has 1 aromatic heterocycles. The van der Waals surface area contributed by atoms with E-state index < -0.39 is 17.6 Å². The zero-order valence-corrected chi connectivity index (χ0v) is 21.8. The monoisotopic (exact) mass is 530 g/mol. The van der Waals surface area contributed by atoms with Crippen LogP contribution in [-0.4, -0.2) is 40.7 Å². The first-order valence-corrected chi connectivity index (χ1v) is 11.8. The zero-order chi connectivity index (χ0) is 28.2. The number of likely N-dealkylation sites (N-methyl/N-ethyl adjacent to an activating group) is 1. The minimum Gasteiger partial charge on any atom is -0.397 e. The smallest absolute Gasteiger partial charge is 0.397 e. The maximum Gasteiger partial charge on any atom is 0.416 e. The van der Waals surface area contributed by atoms with Crippen molar-refractivity contribution < 1.29 is 18.0 Å². The summed E-state index contributed by atoms with van der Waals surface area (Å²) in [5.74, 6) is 5.66. The summed E-state index contributed by atoms with van der Waals surface area (Å²) in [6.45, 7) is 4.53. The number of amides is 1. The van der Waals surface area contributed by atoms with Crippen LogP contribution in [0.1, 0.15) is 38.3 Å². The number of carbonyl (C=O) groups is 1. The van der Waals surface area contributed by atoms with Gasteiger partial charge in [0, 0.05) is 55.4 Å². The van der Waals surface area contributed by atoms with Crippen LogP contribution in [0.25, 0.3) is 5.70 Å². The molecule has 0 aliphatic rings. The molecule has 0 aliphatic heterocycles. The SMILES string of the molecule is Cc1ccc(C(=O)Nc2ccc(CN(C)CCN)c(C(F)(F)F)c2)cc1N(N)/C=C(\N)c1cnn(C)c1C. The van der Waals surface area contributed by atoms with Crippen LogP contribution in [-0.2, 0) is 19.8 Å². The fraction of sp³-hybridized carbons (Fsp3) is 0.308. The third-order valence-corrected chi connectivity index (χ3v) is 6.20. The number of nitrogens with two attached hydrogens (primary N) is 3. The fourth-order valence-corrected chi connectivity index (χ4v) is 3.95. The fourth-order valence-electron chi connectivity index (χ4n) is 3.95. The number of aryl methyl sites for hydroxylation is 2. The van der Waals surface area contributed by atoms with Crippen molar-refractivity contribution in [3.05, 3.63) is 82.3 Å². The quantitative estimate of drug-likeness (QED) is 0.247. The van der Waals surface area contributed by atoms with E-state index in [0.29, 0.717) is 30.0 Å². The number of aromatic nitrogens is 2. The van der Waals surface area contributed by atoms with Crippen molar-refractivity contribution in [2.75, 3.05) is 30.5 Å². The van der Waals surface area contributed by atoms with Crippen LogP contribution in [0, 0.1) is 13.8 Å². The Kier molecular flexibility index (Phi) is 8.82. The molecule has 1 amide bonds. The Morgan fingerprint density at radius 1 is 1.18 bits per heavy atom. The molecule has 7 N–H and O–H groups in total. The van der Waals surface area contributed by atoms with Gasteiger partial charge in [-0.15, -0.1) is 0 Å². The number of halogens is 3. The molecule has 3 rings (SSSR count). The molecule has 0 bridgehead atoms. The van der Waals surface area contributed by atoms with Gasteiger partial charge in [-0.2, -0.15) is 18.3 Å². The van der Waals surface area contributed by atoms with Gasteiger partial charge in [-0.3, -0.25) is 14.5 Å². The van der Waals surface area contributed by atoms with Crippen molar-refractivity contribution in [1.29, 1.82) is 0 Å². The van der Waals surface area contributed by atoms with Gasteiger partial charge in [-0.1, -0.05) is 12.1 Å². The van der Waals surface area contributed by atoms with Crippen molar-refractivity contribution >= 4 is 23.0 Å². The highest BCUT2D eigenvalue weighted by Crippen LogP contribution is 2.34. The minimum atomic E-state index is -4.59. The summed E-state index contributed by atoms with van der Waals surface area (Å²) in [5.41, 5.74) is 14.4. The molecule has 3 aromatic rings. The number of hydrogen-bond acceptors (Lipinski definition) is 7. The molecule has 204 valence electrons. The van der Waals surface area contributed by atoms with Crippen LogP contribution in [0.3, 0.4) is 0 Å². The lowest BCUT2D eigenvalue weighted by molar-refractivity contribution is -0.138. The molecule has 0 aliphatic carbocycles. The first-order chi connectivity index (χ1) is 17.8. The Hall–Kier alpha value is -3.87. The number of carbonyl (C=O) groups excluding carboxylic acids is 1. The van der Waals surface area contributed by atoms with Crippen LogP contribution >= 0.6 is 0 Å². The van der Waals surface area contributed by atoms with Gasteiger partial charge in [0.1, 0.15) is 0 Å². The maximum absolute atomic E-state index is 13.8. The Morgan fingerprint density at radius 3 is 2.50 bits per heavy atom. The van der Waals surface area contributed by atoms with E-state index in [1.807, 2.05) is 13.8 Å². The van der Waals surface area contributed by atoms with Crippen molar-refractivity contribution in [3.63, 3.8) is 0 Å². The predicted molar refractivity (Wildman–Crippen MR) is 143 cm³/mol. The summed E-state index contributed by atoms with van der Waals surface area (Å²) in [7, 11) is 3.49. The van der Waals surface area contributed by atoms with E-state index in [2.05, 4.69) is 10.4 Å². The molecule has 0 fully saturated rings. The number of benzene rings is 2. The van der Waals surface area contributed by atoms with Crippen molar-refractivity contribution in [1.82, 2.24) is 14.7 Å². The molecule has 0 radical (unpaired) electrons. The zero-order valence-electron chi connectivity index (χ0n) is 21.8. The first kappa shape index (κ1) is 28.7. The lowest BCUT2D eigenvalue weighted by atomic mass is 10.0. The standard InChI is InChI=1S/C26H33F3N8O/c1-16-5-6-18(11-24(16)37(32)15-23(31)21-13-33-36(4)17(21)2)25(38)34-20-8-7-19(14-35(3)10-9-30)22(12-20)26(27,28)29/h5-8,11-13,15H,9-10,14,30-32H2,1-4H3,(H,34,38)/b23-15-. The van der Waals surface area contributed by atoms with E-state index in [-0.39, 0.29) is 23.4 Å². The average Bonchev–Trinajstić information content (AvgIpc) is 3.17. The second-order valence-electron chi connectivity index (χ2n) is 9.11. The topological polar surface area (TPSA) is 131 Å². The number of nitrogens with one attached hydrogen (secondary N) is 1. The van der Waals surface area contributed by atoms with Gasteiger partial charge in [0.25, 0.3) is 5.91 Å². The van der Waals surface area contributed by atoms with Crippen molar-refractivity contribution in [3.8, 4) is 0 Å². The summed E-state index contributed by atoms with van der Waals surface area (Å²) in [4.78, 5) is 14.7. The summed E-state index contributed by atoms with van der Waals surface area (Å²) < 4.78 is 43.0. The first-order valence-electron chi connectivity index (χ1n) is 11.8. The summed E-state index contributed by atoms with van der Waals surface area (Å²) >= 11 is 0. The third-order valence-electron chi connectivity index (χ3n) is 6.20. The van der Waals surface area contributed by atoms with E-state index in [1.165, 1.54) is 23.3 Å². The summed E-state index contributed by atoms with van der Waals surface area (Å²) in [5, 5.41) is 8.02. The normalized spacial score (nSPS) is 12.2. The van der Waals surface area contributed by atoms with E-state index in [1.54, 1.807) is 48.1 Å². The largest absolute Gasteiger partial charge is 0.416 e. The highest BCUT2D eigenvalue weighted by Gasteiger charge is 2.34. The number of anilines is 2. The van der Waals surface area contributed by atoms with Gasteiger partial charge in [-0.05, 0) is 56.3 Å². The Balaban J connectivity index is 1.85.